The van der Waals surface area contributed by atoms with Crippen LogP contribution in [0.5, 0.6) is 0 Å². The molecule has 21 heavy (non-hydrogen) atoms. The monoisotopic (exact) mass is 350 g/mol. The van der Waals surface area contributed by atoms with E-state index in [0.29, 0.717) is 13.0 Å². The summed E-state index contributed by atoms with van der Waals surface area (Å²) in [5.41, 5.74) is 3.65. The van der Waals surface area contributed by atoms with Gasteiger partial charge in [-0.05, 0) is 37.2 Å². The molecule has 0 aliphatic carbocycles. The maximum Gasteiger partial charge on any atom is 0.308 e. The third-order valence-corrected chi connectivity index (χ3v) is 4.95. The number of aliphatic carboxylic acids is 1. The minimum absolute atomic E-state index is 0.348. The summed E-state index contributed by atoms with van der Waals surface area (Å²) in [5, 5.41) is 10.7. The summed E-state index contributed by atoms with van der Waals surface area (Å²) in [5.74, 6) is -1.06. The van der Waals surface area contributed by atoms with Gasteiger partial charge in [0.15, 0.2) is 0 Å². The molecule has 0 amide bonds. The summed E-state index contributed by atoms with van der Waals surface area (Å²) in [6.07, 6.45) is 1.56. The fraction of sp³-hybridized carbons (Fsp3) is 0.438. The van der Waals surface area contributed by atoms with Gasteiger partial charge in [-0.1, -0.05) is 15.9 Å². The molecule has 0 saturated carbocycles. The van der Waals surface area contributed by atoms with E-state index in [1.165, 1.54) is 22.2 Å². The van der Waals surface area contributed by atoms with Crippen molar-refractivity contribution < 1.29 is 9.90 Å². The van der Waals surface area contributed by atoms with Crippen molar-refractivity contribution in [3.63, 3.8) is 0 Å². The Morgan fingerprint density at radius 1 is 1.38 bits per heavy atom. The first-order chi connectivity index (χ1) is 9.97. The second kappa shape index (κ2) is 5.46. The van der Waals surface area contributed by atoms with Crippen LogP contribution in [-0.4, -0.2) is 40.7 Å². The molecule has 0 bridgehead atoms. The Balaban J connectivity index is 2.18. The van der Waals surface area contributed by atoms with Gasteiger partial charge in [0.2, 0.25) is 0 Å². The van der Waals surface area contributed by atoms with E-state index in [0.717, 1.165) is 17.4 Å². The molecule has 3 rings (SSSR count). The van der Waals surface area contributed by atoms with Gasteiger partial charge in [0.05, 0.1) is 5.92 Å². The van der Waals surface area contributed by atoms with Gasteiger partial charge in [-0.25, -0.2) is 0 Å². The predicted molar refractivity (Wildman–Crippen MR) is 86.6 cm³/mol. The van der Waals surface area contributed by atoms with Crippen LogP contribution in [0.25, 0.3) is 10.9 Å². The number of carboxylic acids is 1. The molecule has 5 heteroatoms. The summed E-state index contributed by atoms with van der Waals surface area (Å²) < 4.78 is 3.25. The third-order valence-electron chi connectivity index (χ3n) is 4.46. The van der Waals surface area contributed by atoms with Crippen molar-refractivity contribution >= 4 is 32.8 Å². The zero-order chi connectivity index (χ0) is 15.1. The van der Waals surface area contributed by atoms with Crippen molar-refractivity contribution in [3.8, 4) is 0 Å². The Morgan fingerprint density at radius 3 is 2.86 bits per heavy atom. The molecule has 1 aliphatic rings. The van der Waals surface area contributed by atoms with E-state index < -0.39 is 5.97 Å². The lowest BCUT2D eigenvalue weighted by Gasteiger charge is -2.25. The molecule has 1 unspecified atom stereocenters. The van der Waals surface area contributed by atoms with Gasteiger partial charge in [0.1, 0.15) is 0 Å². The van der Waals surface area contributed by atoms with Crippen LogP contribution in [0.2, 0.25) is 0 Å². The van der Waals surface area contributed by atoms with Gasteiger partial charge < -0.3 is 14.6 Å². The second-order valence-corrected chi connectivity index (χ2v) is 6.81. The van der Waals surface area contributed by atoms with Gasteiger partial charge in [0.25, 0.3) is 0 Å². The number of aromatic nitrogens is 1. The van der Waals surface area contributed by atoms with Crippen molar-refractivity contribution in [3.05, 3.63) is 33.9 Å². The van der Waals surface area contributed by atoms with E-state index in [1.54, 1.807) is 0 Å². The number of halogens is 1. The molecule has 1 aromatic heterocycles. The van der Waals surface area contributed by atoms with Crippen molar-refractivity contribution in [2.24, 2.45) is 13.0 Å². The highest BCUT2D eigenvalue weighted by atomic mass is 79.9. The SMILES string of the molecule is CN1CCc2c(c3cc(Br)ccc3n2C)CC(C(=O)O)C1. The fourth-order valence-corrected chi connectivity index (χ4v) is 3.69. The van der Waals surface area contributed by atoms with E-state index in [-0.39, 0.29) is 5.92 Å². The van der Waals surface area contributed by atoms with Crippen LogP contribution in [0.3, 0.4) is 0 Å². The maximum atomic E-state index is 11.5. The molecule has 1 N–H and O–H groups in total. The number of carbonyl (C=O) groups is 1. The second-order valence-electron chi connectivity index (χ2n) is 5.90. The van der Waals surface area contributed by atoms with Crippen LogP contribution >= 0.6 is 15.9 Å². The predicted octanol–water partition coefficient (Wildman–Crippen LogP) is 2.67. The van der Waals surface area contributed by atoms with Crippen molar-refractivity contribution in [1.82, 2.24) is 9.47 Å². The number of hydrogen-bond donors (Lipinski definition) is 1. The fourth-order valence-electron chi connectivity index (χ4n) is 3.33. The van der Waals surface area contributed by atoms with E-state index in [4.69, 9.17) is 0 Å². The molecule has 112 valence electrons. The van der Waals surface area contributed by atoms with Crippen molar-refractivity contribution in [1.29, 1.82) is 0 Å². The average molecular weight is 351 g/mol. The lowest BCUT2D eigenvalue weighted by Crippen LogP contribution is -2.35. The van der Waals surface area contributed by atoms with Gasteiger partial charge in [-0.3, -0.25) is 4.79 Å². The minimum Gasteiger partial charge on any atom is -0.481 e. The average Bonchev–Trinajstić information content (AvgIpc) is 2.65. The van der Waals surface area contributed by atoms with Gasteiger partial charge in [-0.15, -0.1) is 0 Å². The van der Waals surface area contributed by atoms with Crippen LogP contribution in [0.15, 0.2) is 22.7 Å². The van der Waals surface area contributed by atoms with Gasteiger partial charge >= 0.3 is 5.97 Å². The maximum absolute atomic E-state index is 11.5. The summed E-state index contributed by atoms with van der Waals surface area (Å²) >= 11 is 3.52. The lowest BCUT2D eigenvalue weighted by atomic mass is 9.94. The van der Waals surface area contributed by atoms with Crippen molar-refractivity contribution in [2.45, 2.75) is 12.8 Å². The van der Waals surface area contributed by atoms with E-state index in [9.17, 15) is 9.90 Å². The summed E-state index contributed by atoms with van der Waals surface area (Å²) in [6, 6.07) is 6.25. The van der Waals surface area contributed by atoms with E-state index in [1.807, 2.05) is 13.1 Å². The number of likely N-dealkylation sites (N-methyl/N-ethyl adjacent to an activating group) is 1. The van der Waals surface area contributed by atoms with Crippen LogP contribution in [-0.2, 0) is 24.7 Å². The summed E-state index contributed by atoms with van der Waals surface area (Å²) in [4.78, 5) is 13.7. The van der Waals surface area contributed by atoms with Crippen LogP contribution < -0.4 is 0 Å². The van der Waals surface area contributed by atoms with E-state index >= 15 is 0 Å². The Kier molecular flexibility index (Phi) is 3.80. The smallest absolute Gasteiger partial charge is 0.308 e. The number of rotatable bonds is 1. The molecule has 0 fully saturated rings. The number of carboxylic acid groups (broad SMARTS) is 1. The minimum atomic E-state index is -0.707. The van der Waals surface area contributed by atoms with Crippen LogP contribution in [0.1, 0.15) is 11.3 Å². The highest BCUT2D eigenvalue weighted by Gasteiger charge is 2.27. The first-order valence-corrected chi connectivity index (χ1v) is 7.93. The first-order valence-electron chi connectivity index (χ1n) is 7.14. The molecule has 1 atom stereocenters. The Morgan fingerprint density at radius 2 is 2.14 bits per heavy atom. The first kappa shape index (κ1) is 14.6. The third kappa shape index (κ3) is 2.60. The quantitative estimate of drug-likeness (QED) is 0.859. The molecule has 0 saturated heterocycles. The zero-order valence-corrected chi connectivity index (χ0v) is 13.9. The van der Waals surface area contributed by atoms with Crippen molar-refractivity contribution in [2.75, 3.05) is 20.1 Å². The molecule has 1 aromatic carbocycles. The molecular formula is C16H19BrN2O2. The highest BCUT2D eigenvalue weighted by molar-refractivity contribution is 9.10. The molecule has 0 radical (unpaired) electrons. The number of hydrogen-bond acceptors (Lipinski definition) is 2. The standard InChI is InChI=1S/C16H19BrN2O2/c1-18-6-5-15-12(7-10(9-18)16(20)21)13-8-11(17)3-4-14(13)19(15)2/h3-4,8,10H,5-7,9H2,1-2H3,(H,20,21). The lowest BCUT2D eigenvalue weighted by molar-refractivity contribution is -0.142. The van der Waals surface area contributed by atoms with Crippen LogP contribution in [0.4, 0.5) is 0 Å². The largest absolute Gasteiger partial charge is 0.481 e. The number of benzene rings is 1. The Bertz CT molecular complexity index is 708. The molecular weight excluding hydrogens is 332 g/mol. The topological polar surface area (TPSA) is 45.5 Å². The number of nitrogens with zero attached hydrogens (tertiary/aromatic N) is 2. The normalized spacial score (nSPS) is 20.0. The van der Waals surface area contributed by atoms with Crippen LogP contribution in [0, 0.1) is 5.92 Å². The van der Waals surface area contributed by atoms with Gasteiger partial charge in [0, 0.05) is 47.6 Å². The highest BCUT2D eigenvalue weighted by Crippen LogP contribution is 2.31. The Hall–Kier alpha value is -1.33. The van der Waals surface area contributed by atoms with E-state index in [2.05, 4.69) is 44.6 Å². The molecule has 0 spiro atoms. The summed E-state index contributed by atoms with van der Waals surface area (Å²) in [6.45, 7) is 1.50. The number of aryl methyl sites for hydroxylation is 1. The molecule has 2 aromatic rings. The van der Waals surface area contributed by atoms with Gasteiger partial charge in [-0.2, -0.15) is 0 Å². The molecule has 1 aliphatic heterocycles. The molecule has 4 nitrogen and oxygen atoms in total. The summed E-state index contributed by atoms with van der Waals surface area (Å²) in [7, 11) is 4.08. The zero-order valence-electron chi connectivity index (χ0n) is 12.3. The Labute approximate surface area is 132 Å². The molecule has 2 heterocycles. The number of fused-ring (bicyclic) bond motifs is 3.